The molecule has 0 spiro atoms. The first kappa shape index (κ1) is 12.3. The summed E-state index contributed by atoms with van der Waals surface area (Å²) in [6, 6.07) is 0.800. The highest BCUT2D eigenvalue weighted by atomic mass is 16.5. The summed E-state index contributed by atoms with van der Waals surface area (Å²) in [5.41, 5.74) is 0. The second kappa shape index (κ2) is 6.58. The van der Waals surface area contributed by atoms with Gasteiger partial charge in [0, 0.05) is 12.6 Å². The number of hydrogen-bond acceptors (Lipinski definition) is 3. The van der Waals surface area contributed by atoms with Crippen LogP contribution in [0.1, 0.15) is 39.0 Å². The van der Waals surface area contributed by atoms with Crippen molar-refractivity contribution in [3.8, 4) is 0 Å². The average molecular weight is 226 g/mol. The molecule has 1 aliphatic heterocycles. The molecule has 1 saturated carbocycles. The van der Waals surface area contributed by atoms with Crippen LogP contribution in [-0.4, -0.2) is 38.4 Å². The zero-order valence-corrected chi connectivity index (χ0v) is 10.5. The molecule has 0 amide bonds. The molecule has 2 aliphatic rings. The highest BCUT2D eigenvalue weighted by molar-refractivity contribution is 4.81. The molecule has 94 valence electrons. The summed E-state index contributed by atoms with van der Waals surface area (Å²) in [6.07, 6.45) is 6.80. The largest absolute Gasteiger partial charge is 0.378 e. The Morgan fingerprint density at radius 2 is 2.00 bits per heavy atom. The molecule has 0 bridgehead atoms. The van der Waals surface area contributed by atoms with Crippen molar-refractivity contribution >= 4 is 0 Å². The zero-order chi connectivity index (χ0) is 11.2. The van der Waals surface area contributed by atoms with Crippen molar-refractivity contribution in [3.05, 3.63) is 0 Å². The summed E-state index contributed by atoms with van der Waals surface area (Å²) in [6.45, 7) is 6.65. The summed E-state index contributed by atoms with van der Waals surface area (Å²) in [7, 11) is 0. The van der Waals surface area contributed by atoms with Crippen LogP contribution in [0.5, 0.6) is 0 Å². The molecule has 0 aromatic rings. The molecule has 0 aromatic carbocycles. The molecule has 2 rings (SSSR count). The van der Waals surface area contributed by atoms with Crippen molar-refractivity contribution < 1.29 is 4.74 Å². The third-order valence-corrected chi connectivity index (χ3v) is 3.77. The van der Waals surface area contributed by atoms with E-state index in [-0.39, 0.29) is 0 Å². The predicted molar refractivity (Wildman–Crippen MR) is 66.6 cm³/mol. The van der Waals surface area contributed by atoms with Gasteiger partial charge in [-0.2, -0.15) is 0 Å². The second-order valence-electron chi connectivity index (χ2n) is 5.40. The van der Waals surface area contributed by atoms with E-state index in [9.17, 15) is 0 Å². The fourth-order valence-corrected chi connectivity index (χ4v) is 2.66. The van der Waals surface area contributed by atoms with Crippen LogP contribution in [0, 0.1) is 5.92 Å². The molecule has 0 aromatic heterocycles. The van der Waals surface area contributed by atoms with E-state index < -0.39 is 0 Å². The lowest BCUT2D eigenvalue weighted by Gasteiger charge is -2.33. The van der Waals surface area contributed by atoms with Crippen LogP contribution < -0.4 is 10.6 Å². The topological polar surface area (TPSA) is 33.3 Å². The maximum absolute atomic E-state index is 5.86. The Morgan fingerprint density at radius 3 is 2.69 bits per heavy atom. The zero-order valence-electron chi connectivity index (χ0n) is 10.5. The number of rotatable bonds is 6. The van der Waals surface area contributed by atoms with Crippen molar-refractivity contribution in [2.75, 3.05) is 26.2 Å². The van der Waals surface area contributed by atoms with Crippen LogP contribution in [-0.2, 0) is 4.74 Å². The molecule has 0 radical (unpaired) electrons. The van der Waals surface area contributed by atoms with Crippen LogP contribution in [0.4, 0.5) is 0 Å². The minimum absolute atomic E-state index is 0.518. The molecule has 1 aliphatic carbocycles. The van der Waals surface area contributed by atoms with Gasteiger partial charge in [0.2, 0.25) is 0 Å². The molecule has 0 atom stereocenters. The van der Waals surface area contributed by atoms with Gasteiger partial charge in [-0.25, -0.2) is 0 Å². The van der Waals surface area contributed by atoms with Crippen LogP contribution in [0.25, 0.3) is 0 Å². The number of ether oxygens (including phenoxy) is 1. The van der Waals surface area contributed by atoms with Gasteiger partial charge in [0.1, 0.15) is 0 Å². The Kier molecular flexibility index (Phi) is 5.07. The maximum atomic E-state index is 5.86. The van der Waals surface area contributed by atoms with E-state index >= 15 is 0 Å². The predicted octanol–water partition coefficient (Wildman–Crippen LogP) is 1.53. The van der Waals surface area contributed by atoms with Gasteiger partial charge in [-0.15, -0.1) is 0 Å². The summed E-state index contributed by atoms with van der Waals surface area (Å²) < 4.78 is 5.86. The van der Waals surface area contributed by atoms with E-state index in [4.69, 9.17) is 4.74 Å². The van der Waals surface area contributed by atoms with Gasteiger partial charge in [-0.1, -0.05) is 6.92 Å². The van der Waals surface area contributed by atoms with Gasteiger partial charge in [-0.05, 0) is 57.7 Å². The van der Waals surface area contributed by atoms with E-state index in [2.05, 4.69) is 17.6 Å². The normalized spacial score (nSPS) is 31.3. The van der Waals surface area contributed by atoms with Crippen molar-refractivity contribution in [1.82, 2.24) is 10.6 Å². The minimum atomic E-state index is 0.518. The van der Waals surface area contributed by atoms with Crippen molar-refractivity contribution in [2.45, 2.75) is 51.2 Å². The Hall–Kier alpha value is -0.120. The number of piperidine rings is 1. The van der Waals surface area contributed by atoms with Gasteiger partial charge in [0.05, 0.1) is 6.10 Å². The first-order valence-electron chi connectivity index (χ1n) is 6.90. The van der Waals surface area contributed by atoms with E-state index in [1.165, 1.54) is 25.7 Å². The Balaban J connectivity index is 1.40. The minimum Gasteiger partial charge on any atom is -0.378 e. The van der Waals surface area contributed by atoms with Crippen molar-refractivity contribution in [3.63, 3.8) is 0 Å². The highest BCUT2D eigenvalue weighted by Crippen LogP contribution is 2.25. The lowest BCUT2D eigenvalue weighted by atomic mass is 9.82. The van der Waals surface area contributed by atoms with E-state index in [0.717, 1.165) is 44.6 Å². The fraction of sp³-hybridized carbons (Fsp3) is 1.00. The van der Waals surface area contributed by atoms with E-state index in [1.54, 1.807) is 0 Å². The lowest BCUT2D eigenvalue weighted by molar-refractivity contribution is 0.0310. The van der Waals surface area contributed by atoms with Crippen molar-refractivity contribution in [1.29, 1.82) is 0 Å². The van der Waals surface area contributed by atoms with Crippen LogP contribution in [0.3, 0.4) is 0 Å². The first-order chi connectivity index (χ1) is 7.84. The molecule has 16 heavy (non-hydrogen) atoms. The van der Waals surface area contributed by atoms with Gasteiger partial charge in [-0.3, -0.25) is 0 Å². The number of hydrogen-bond donors (Lipinski definition) is 2. The monoisotopic (exact) mass is 226 g/mol. The molecule has 2 N–H and O–H groups in total. The summed E-state index contributed by atoms with van der Waals surface area (Å²) >= 11 is 0. The first-order valence-corrected chi connectivity index (χ1v) is 6.90. The smallest absolute Gasteiger partial charge is 0.0599 e. The van der Waals surface area contributed by atoms with Crippen LogP contribution in [0.2, 0.25) is 0 Å². The molecular weight excluding hydrogens is 200 g/mol. The molecule has 3 nitrogen and oxygen atoms in total. The standard InChI is InChI=1S/C13H26N2O/c1-11-9-12(10-11)15-5-2-8-16-13-3-6-14-7-4-13/h11-15H,2-10H2,1H3. The Bertz CT molecular complexity index is 186. The van der Waals surface area contributed by atoms with Crippen LogP contribution in [0.15, 0.2) is 0 Å². The molecule has 3 heteroatoms. The van der Waals surface area contributed by atoms with Gasteiger partial charge >= 0.3 is 0 Å². The third kappa shape index (κ3) is 4.04. The molecule has 1 saturated heterocycles. The molecule has 0 unspecified atom stereocenters. The molecular formula is C13H26N2O. The quantitative estimate of drug-likeness (QED) is 0.674. The number of nitrogens with one attached hydrogen (secondary N) is 2. The third-order valence-electron chi connectivity index (χ3n) is 3.77. The average Bonchev–Trinajstić information content (AvgIpc) is 2.27. The Labute approximate surface area is 99.3 Å². The van der Waals surface area contributed by atoms with E-state index in [0.29, 0.717) is 6.10 Å². The van der Waals surface area contributed by atoms with E-state index in [1.807, 2.05) is 0 Å². The Morgan fingerprint density at radius 1 is 1.25 bits per heavy atom. The van der Waals surface area contributed by atoms with Gasteiger partial charge in [0.15, 0.2) is 0 Å². The fourth-order valence-electron chi connectivity index (χ4n) is 2.66. The summed E-state index contributed by atoms with van der Waals surface area (Å²) in [5.74, 6) is 0.948. The lowest BCUT2D eigenvalue weighted by Crippen LogP contribution is -2.40. The maximum Gasteiger partial charge on any atom is 0.0599 e. The van der Waals surface area contributed by atoms with Crippen molar-refractivity contribution in [2.24, 2.45) is 5.92 Å². The second-order valence-corrected chi connectivity index (χ2v) is 5.40. The molecule has 1 heterocycles. The summed E-state index contributed by atoms with van der Waals surface area (Å²) in [4.78, 5) is 0. The SMILES string of the molecule is CC1CC(NCCCOC2CCNCC2)C1. The van der Waals surface area contributed by atoms with Gasteiger partial charge < -0.3 is 15.4 Å². The summed E-state index contributed by atoms with van der Waals surface area (Å²) in [5, 5.41) is 6.95. The van der Waals surface area contributed by atoms with Crippen LogP contribution >= 0.6 is 0 Å². The molecule has 2 fully saturated rings. The highest BCUT2D eigenvalue weighted by Gasteiger charge is 2.24. The van der Waals surface area contributed by atoms with Gasteiger partial charge in [0.25, 0.3) is 0 Å².